The summed E-state index contributed by atoms with van der Waals surface area (Å²) in [5.74, 6) is 0.685. The fourth-order valence-electron chi connectivity index (χ4n) is 3.18. The molecule has 1 fully saturated rings. The average Bonchev–Trinajstić information content (AvgIpc) is 2.65. The van der Waals surface area contributed by atoms with E-state index in [-0.39, 0.29) is 5.82 Å². The van der Waals surface area contributed by atoms with Gasteiger partial charge in [0.2, 0.25) is 0 Å². The first-order chi connectivity index (χ1) is 9.75. The van der Waals surface area contributed by atoms with Crippen molar-refractivity contribution < 1.29 is 4.39 Å². The summed E-state index contributed by atoms with van der Waals surface area (Å²) in [5, 5.41) is 7.25. The minimum atomic E-state index is -0.241. The lowest BCUT2D eigenvalue weighted by Crippen LogP contribution is -2.00. The lowest BCUT2D eigenvalue weighted by atomic mass is 9.91. The Morgan fingerprint density at radius 2 is 1.90 bits per heavy atom. The zero-order chi connectivity index (χ0) is 13.9. The molecule has 1 aromatic carbocycles. The van der Waals surface area contributed by atoms with Crippen LogP contribution in [0.3, 0.4) is 0 Å². The normalized spacial score (nSPS) is 17.1. The summed E-state index contributed by atoms with van der Waals surface area (Å²) < 4.78 is 13.5. The van der Waals surface area contributed by atoms with E-state index in [9.17, 15) is 4.39 Å². The van der Waals surface area contributed by atoms with E-state index in [2.05, 4.69) is 10.2 Å². The summed E-state index contributed by atoms with van der Waals surface area (Å²) in [6.45, 7) is 0. The number of hydrogen-bond donors (Lipinski definition) is 2. The largest absolute Gasteiger partial charge is 0.382 e. The third-order valence-electron chi connectivity index (χ3n) is 4.20. The second kappa shape index (κ2) is 5.65. The molecule has 0 aliphatic heterocycles. The number of aromatic nitrogens is 2. The van der Waals surface area contributed by atoms with Crippen molar-refractivity contribution in [1.29, 1.82) is 0 Å². The molecular weight excluding hydrogens is 253 g/mol. The lowest BCUT2D eigenvalue weighted by molar-refractivity contribution is 0.577. The summed E-state index contributed by atoms with van der Waals surface area (Å²) in [5.41, 5.74) is 8.78. The second-order valence-corrected chi connectivity index (χ2v) is 5.60. The Kier molecular flexibility index (Phi) is 3.72. The SMILES string of the molecule is Nc1n[nH]c(C2CCCCCC2)c1-c1cccc(F)c1. The number of rotatable bonds is 2. The number of nitrogens with zero attached hydrogens (tertiary/aromatic N) is 1. The van der Waals surface area contributed by atoms with Crippen molar-refractivity contribution in [2.75, 3.05) is 5.73 Å². The maximum atomic E-state index is 13.5. The van der Waals surface area contributed by atoms with Crippen molar-refractivity contribution in [2.45, 2.75) is 44.4 Å². The maximum Gasteiger partial charge on any atom is 0.153 e. The molecule has 2 aromatic rings. The molecule has 1 aliphatic rings. The molecule has 1 saturated carbocycles. The van der Waals surface area contributed by atoms with Crippen LogP contribution in [-0.2, 0) is 0 Å². The number of aromatic amines is 1. The van der Waals surface area contributed by atoms with Gasteiger partial charge in [0.25, 0.3) is 0 Å². The van der Waals surface area contributed by atoms with Crippen LogP contribution < -0.4 is 5.73 Å². The fourth-order valence-corrected chi connectivity index (χ4v) is 3.18. The number of hydrogen-bond acceptors (Lipinski definition) is 2. The summed E-state index contributed by atoms with van der Waals surface area (Å²) in [6.07, 6.45) is 7.40. The van der Waals surface area contributed by atoms with Gasteiger partial charge in [-0.3, -0.25) is 5.10 Å². The third kappa shape index (κ3) is 2.55. The summed E-state index contributed by atoms with van der Waals surface area (Å²) >= 11 is 0. The van der Waals surface area contributed by atoms with Gasteiger partial charge in [-0.05, 0) is 30.5 Å². The van der Waals surface area contributed by atoms with Gasteiger partial charge in [-0.15, -0.1) is 0 Å². The van der Waals surface area contributed by atoms with Gasteiger partial charge in [-0.1, -0.05) is 37.8 Å². The Balaban J connectivity index is 2.00. The molecule has 0 unspecified atom stereocenters. The third-order valence-corrected chi connectivity index (χ3v) is 4.20. The summed E-state index contributed by atoms with van der Waals surface area (Å²) in [7, 11) is 0. The van der Waals surface area contributed by atoms with Gasteiger partial charge in [-0.2, -0.15) is 5.10 Å². The number of halogens is 1. The van der Waals surface area contributed by atoms with Crippen molar-refractivity contribution in [1.82, 2.24) is 10.2 Å². The minimum absolute atomic E-state index is 0.241. The monoisotopic (exact) mass is 273 g/mol. The minimum Gasteiger partial charge on any atom is -0.382 e. The maximum absolute atomic E-state index is 13.5. The van der Waals surface area contributed by atoms with Crippen molar-refractivity contribution >= 4 is 5.82 Å². The van der Waals surface area contributed by atoms with Crippen molar-refractivity contribution in [2.24, 2.45) is 0 Å². The summed E-state index contributed by atoms with van der Waals surface area (Å²) in [4.78, 5) is 0. The Bertz CT molecular complexity index is 583. The van der Waals surface area contributed by atoms with E-state index < -0.39 is 0 Å². The zero-order valence-corrected chi connectivity index (χ0v) is 11.5. The van der Waals surface area contributed by atoms with Crippen molar-refractivity contribution in [3.63, 3.8) is 0 Å². The smallest absolute Gasteiger partial charge is 0.153 e. The van der Waals surface area contributed by atoms with Crippen molar-refractivity contribution in [3.05, 3.63) is 35.8 Å². The first-order valence-corrected chi connectivity index (χ1v) is 7.35. The zero-order valence-electron chi connectivity index (χ0n) is 11.5. The van der Waals surface area contributed by atoms with Gasteiger partial charge in [0.15, 0.2) is 5.82 Å². The number of nitrogens with one attached hydrogen (secondary N) is 1. The highest BCUT2D eigenvalue weighted by atomic mass is 19.1. The van der Waals surface area contributed by atoms with Crippen LogP contribution in [0.5, 0.6) is 0 Å². The highest BCUT2D eigenvalue weighted by Gasteiger charge is 2.22. The number of H-pyrrole nitrogens is 1. The predicted octanol–water partition coefficient (Wildman–Crippen LogP) is 4.24. The van der Waals surface area contributed by atoms with Crippen LogP contribution >= 0.6 is 0 Å². The Morgan fingerprint density at radius 3 is 2.60 bits per heavy atom. The van der Waals surface area contributed by atoms with E-state index in [4.69, 9.17) is 5.73 Å². The quantitative estimate of drug-likeness (QED) is 0.804. The standard InChI is InChI=1S/C16H20FN3/c17-13-9-5-8-12(10-13)14-15(19-20-16(14)18)11-6-3-1-2-4-7-11/h5,8-11H,1-4,6-7H2,(H3,18,19,20). The molecule has 0 spiro atoms. The predicted molar refractivity (Wildman–Crippen MR) is 78.8 cm³/mol. The number of nitrogen functional groups attached to an aromatic ring is 1. The van der Waals surface area contributed by atoms with Gasteiger partial charge in [0, 0.05) is 17.2 Å². The van der Waals surface area contributed by atoms with Gasteiger partial charge in [0.1, 0.15) is 5.82 Å². The number of nitrogens with two attached hydrogens (primary N) is 1. The van der Waals surface area contributed by atoms with E-state index in [1.54, 1.807) is 6.07 Å². The van der Waals surface area contributed by atoms with Crippen LogP contribution in [0.15, 0.2) is 24.3 Å². The van der Waals surface area contributed by atoms with Crippen LogP contribution in [0.2, 0.25) is 0 Å². The van der Waals surface area contributed by atoms with E-state index >= 15 is 0 Å². The highest BCUT2D eigenvalue weighted by molar-refractivity contribution is 5.76. The molecule has 0 bridgehead atoms. The highest BCUT2D eigenvalue weighted by Crippen LogP contribution is 2.38. The number of benzene rings is 1. The first kappa shape index (κ1) is 13.2. The molecule has 1 heterocycles. The fraction of sp³-hybridized carbons (Fsp3) is 0.438. The van der Waals surface area contributed by atoms with E-state index in [0.717, 1.165) is 29.7 Å². The molecule has 1 aliphatic carbocycles. The van der Waals surface area contributed by atoms with E-state index in [0.29, 0.717) is 11.7 Å². The first-order valence-electron chi connectivity index (χ1n) is 7.35. The Hall–Kier alpha value is -1.84. The van der Waals surface area contributed by atoms with Gasteiger partial charge in [0.05, 0.1) is 0 Å². The molecule has 0 atom stereocenters. The Morgan fingerprint density at radius 1 is 1.15 bits per heavy atom. The molecule has 106 valence electrons. The molecule has 0 radical (unpaired) electrons. The van der Waals surface area contributed by atoms with Gasteiger partial charge >= 0.3 is 0 Å². The van der Waals surface area contributed by atoms with Crippen molar-refractivity contribution in [3.8, 4) is 11.1 Å². The molecule has 0 saturated heterocycles. The number of anilines is 1. The molecular formula is C16H20FN3. The van der Waals surface area contributed by atoms with Crippen LogP contribution in [0.25, 0.3) is 11.1 Å². The van der Waals surface area contributed by atoms with Gasteiger partial charge < -0.3 is 5.73 Å². The second-order valence-electron chi connectivity index (χ2n) is 5.60. The molecule has 0 amide bonds. The van der Waals surface area contributed by atoms with E-state index in [1.165, 1.54) is 37.8 Å². The van der Waals surface area contributed by atoms with Crippen LogP contribution in [0.1, 0.15) is 50.1 Å². The Labute approximate surface area is 118 Å². The summed E-state index contributed by atoms with van der Waals surface area (Å²) in [6, 6.07) is 6.59. The molecule has 4 heteroatoms. The van der Waals surface area contributed by atoms with Crippen LogP contribution in [0.4, 0.5) is 10.2 Å². The molecule has 3 nitrogen and oxygen atoms in total. The molecule has 20 heavy (non-hydrogen) atoms. The van der Waals surface area contributed by atoms with Gasteiger partial charge in [-0.25, -0.2) is 4.39 Å². The topological polar surface area (TPSA) is 54.7 Å². The molecule has 1 aromatic heterocycles. The molecule has 3 N–H and O–H groups in total. The molecule has 3 rings (SSSR count). The average molecular weight is 273 g/mol. The van der Waals surface area contributed by atoms with Crippen LogP contribution in [0, 0.1) is 5.82 Å². The lowest BCUT2D eigenvalue weighted by Gasteiger charge is -2.14. The van der Waals surface area contributed by atoms with Crippen LogP contribution in [-0.4, -0.2) is 10.2 Å². The van der Waals surface area contributed by atoms with E-state index in [1.807, 2.05) is 6.07 Å².